The average Bonchev–Trinajstić information content (AvgIpc) is 3.22. The first-order chi connectivity index (χ1) is 12.4. The second kappa shape index (κ2) is 7.20. The molecule has 0 saturated heterocycles. The maximum absolute atomic E-state index is 13.3. The molecule has 2 heterocycles. The van der Waals surface area contributed by atoms with Crippen molar-refractivity contribution in [3.63, 3.8) is 0 Å². The van der Waals surface area contributed by atoms with E-state index in [0.717, 1.165) is 5.56 Å². The van der Waals surface area contributed by atoms with Crippen molar-refractivity contribution >= 4 is 27.0 Å². The lowest BCUT2D eigenvalue weighted by atomic mass is 10.2. The van der Waals surface area contributed by atoms with E-state index in [1.165, 1.54) is 15.6 Å². The van der Waals surface area contributed by atoms with Crippen LogP contribution in [0.2, 0.25) is 0 Å². The van der Waals surface area contributed by atoms with E-state index in [1.807, 2.05) is 45.0 Å². The van der Waals surface area contributed by atoms with Crippen LogP contribution in [-0.4, -0.2) is 25.1 Å². The summed E-state index contributed by atoms with van der Waals surface area (Å²) >= 11 is 1.35. The summed E-state index contributed by atoms with van der Waals surface area (Å²) in [6, 6.07) is 9.12. The number of aromatic nitrogens is 2. The largest absolute Gasteiger partial charge is 0.339 e. The van der Waals surface area contributed by atoms with Gasteiger partial charge in [0.1, 0.15) is 4.90 Å². The van der Waals surface area contributed by atoms with Gasteiger partial charge in [-0.3, -0.25) is 4.31 Å². The molecule has 0 spiro atoms. The van der Waals surface area contributed by atoms with Gasteiger partial charge in [0.15, 0.2) is 0 Å². The van der Waals surface area contributed by atoms with Gasteiger partial charge in [0, 0.05) is 17.8 Å². The van der Waals surface area contributed by atoms with E-state index in [-0.39, 0.29) is 4.90 Å². The molecule has 0 aliphatic rings. The van der Waals surface area contributed by atoms with Crippen molar-refractivity contribution in [3.8, 4) is 10.7 Å². The minimum Gasteiger partial charge on any atom is -0.339 e. The fourth-order valence-corrected chi connectivity index (χ4v) is 5.68. The molecule has 0 aliphatic heterocycles. The quantitative estimate of drug-likeness (QED) is 0.630. The predicted octanol–water partition coefficient (Wildman–Crippen LogP) is 4.19. The van der Waals surface area contributed by atoms with Gasteiger partial charge in [0.25, 0.3) is 10.0 Å². The molecule has 8 heteroatoms. The minimum absolute atomic E-state index is 0.281. The van der Waals surface area contributed by atoms with Crippen molar-refractivity contribution in [3.05, 3.63) is 46.7 Å². The van der Waals surface area contributed by atoms with Gasteiger partial charge < -0.3 is 4.52 Å². The molecule has 3 aromatic rings. The van der Waals surface area contributed by atoms with E-state index < -0.39 is 10.0 Å². The molecule has 6 nitrogen and oxygen atoms in total. The average molecular weight is 392 g/mol. The highest BCUT2D eigenvalue weighted by molar-refractivity contribution is 7.93. The smallest absolute Gasteiger partial charge is 0.265 e. The Bertz CT molecular complexity index is 1020. The lowest BCUT2D eigenvalue weighted by molar-refractivity contribution is 0.383. The van der Waals surface area contributed by atoms with E-state index in [1.54, 1.807) is 13.0 Å². The molecule has 3 rings (SSSR count). The van der Waals surface area contributed by atoms with Crippen LogP contribution < -0.4 is 4.31 Å². The van der Waals surface area contributed by atoms with Gasteiger partial charge >= 0.3 is 0 Å². The summed E-state index contributed by atoms with van der Waals surface area (Å²) in [7, 11) is -3.68. The summed E-state index contributed by atoms with van der Waals surface area (Å²) < 4.78 is 33.1. The molecule has 0 unspecified atom stereocenters. The van der Waals surface area contributed by atoms with Crippen molar-refractivity contribution in [2.75, 3.05) is 10.8 Å². The van der Waals surface area contributed by atoms with Gasteiger partial charge in [-0.1, -0.05) is 24.2 Å². The van der Waals surface area contributed by atoms with Gasteiger partial charge in [-0.05, 0) is 44.5 Å². The highest BCUT2D eigenvalue weighted by Crippen LogP contribution is 2.35. The van der Waals surface area contributed by atoms with Crippen molar-refractivity contribution in [1.82, 2.24) is 10.1 Å². The zero-order chi connectivity index (χ0) is 18.9. The van der Waals surface area contributed by atoms with E-state index in [9.17, 15) is 8.42 Å². The maximum Gasteiger partial charge on any atom is 0.265 e. The fourth-order valence-electron chi connectivity index (χ4n) is 2.72. The Hall–Kier alpha value is -2.19. The van der Waals surface area contributed by atoms with E-state index in [0.29, 0.717) is 40.1 Å². The van der Waals surface area contributed by atoms with Gasteiger partial charge in [-0.2, -0.15) is 4.98 Å². The molecule has 138 valence electrons. The summed E-state index contributed by atoms with van der Waals surface area (Å²) in [6.07, 6.45) is 0.638. The van der Waals surface area contributed by atoms with Crippen LogP contribution in [0, 0.1) is 13.8 Å². The Kier molecular flexibility index (Phi) is 5.15. The van der Waals surface area contributed by atoms with Crippen LogP contribution in [0.5, 0.6) is 0 Å². The Morgan fingerprint density at radius 3 is 2.58 bits per heavy atom. The first kappa shape index (κ1) is 18.6. The number of sulfonamides is 1. The molecule has 0 N–H and O–H groups in total. The number of aryl methyl sites for hydroxylation is 3. The van der Waals surface area contributed by atoms with E-state index in [4.69, 9.17) is 4.52 Å². The van der Waals surface area contributed by atoms with Crippen molar-refractivity contribution < 1.29 is 12.9 Å². The molecule has 0 fully saturated rings. The van der Waals surface area contributed by atoms with E-state index >= 15 is 0 Å². The Morgan fingerprint density at radius 1 is 1.19 bits per heavy atom. The summed E-state index contributed by atoms with van der Waals surface area (Å²) in [5.74, 6) is 0.959. The Balaban J connectivity index is 2.03. The van der Waals surface area contributed by atoms with Gasteiger partial charge in [0.05, 0.1) is 10.6 Å². The van der Waals surface area contributed by atoms with Crippen LogP contribution in [0.1, 0.15) is 30.2 Å². The molecule has 0 saturated carbocycles. The molecule has 0 amide bonds. The Labute approximate surface area is 157 Å². The number of hydrogen-bond acceptors (Lipinski definition) is 6. The lowest BCUT2D eigenvalue weighted by Gasteiger charge is -2.23. The summed E-state index contributed by atoms with van der Waals surface area (Å²) in [4.78, 5) is 5.96. The molecule has 26 heavy (non-hydrogen) atoms. The third-order valence-electron chi connectivity index (χ3n) is 4.01. The Morgan fingerprint density at radius 2 is 1.96 bits per heavy atom. The highest BCUT2D eigenvalue weighted by atomic mass is 32.2. The standard InChI is InChI=1S/C18H21N3O3S2/c1-5-17-19-18(20-24-17)15-11-16(13(4)25-15)26(22,23)21(6-2)14-9-7-8-12(3)10-14/h7-11H,5-6H2,1-4H3. The number of nitrogens with zero attached hydrogens (tertiary/aromatic N) is 3. The molecule has 1 aromatic carbocycles. The first-order valence-electron chi connectivity index (χ1n) is 8.39. The normalized spacial score (nSPS) is 11.7. The fraction of sp³-hybridized carbons (Fsp3) is 0.333. The molecule has 0 radical (unpaired) electrons. The number of hydrogen-bond donors (Lipinski definition) is 0. The van der Waals surface area contributed by atoms with Crippen molar-refractivity contribution in [1.29, 1.82) is 0 Å². The van der Waals surface area contributed by atoms with E-state index in [2.05, 4.69) is 10.1 Å². The summed E-state index contributed by atoms with van der Waals surface area (Å²) in [5.41, 5.74) is 1.67. The van der Waals surface area contributed by atoms with Gasteiger partial charge in [0.2, 0.25) is 11.7 Å². The van der Waals surface area contributed by atoms with Crippen LogP contribution >= 0.6 is 11.3 Å². The monoisotopic (exact) mass is 391 g/mol. The molecule has 0 atom stereocenters. The summed E-state index contributed by atoms with van der Waals surface area (Å²) in [5, 5.41) is 3.94. The summed E-state index contributed by atoms with van der Waals surface area (Å²) in [6.45, 7) is 7.84. The third kappa shape index (κ3) is 3.39. The number of thiophene rings is 1. The van der Waals surface area contributed by atoms with Crippen LogP contribution in [0.4, 0.5) is 5.69 Å². The molecular formula is C18H21N3O3S2. The predicted molar refractivity (Wildman–Crippen MR) is 103 cm³/mol. The van der Waals surface area contributed by atoms with Crippen LogP contribution in [0.15, 0.2) is 39.8 Å². The van der Waals surface area contributed by atoms with Crippen LogP contribution in [0.3, 0.4) is 0 Å². The van der Waals surface area contributed by atoms with Gasteiger partial charge in [-0.25, -0.2) is 8.42 Å². The number of anilines is 1. The van der Waals surface area contributed by atoms with Crippen molar-refractivity contribution in [2.45, 2.75) is 39.0 Å². The minimum atomic E-state index is -3.68. The molecule has 2 aromatic heterocycles. The van der Waals surface area contributed by atoms with Crippen LogP contribution in [0.25, 0.3) is 10.7 Å². The zero-order valence-electron chi connectivity index (χ0n) is 15.2. The lowest BCUT2D eigenvalue weighted by Crippen LogP contribution is -2.30. The topological polar surface area (TPSA) is 76.3 Å². The SMILES string of the molecule is CCc1nc(-c2cc(S(=O)(=O)N(CC)c3cccc(C)c3)c(C)s2)no1. The number of rotatable bonds is 6. The van der Waals surface area contributed by atoms with Gasteiger partial charge in [-0.15, -0.1) is 11.3 Å². The second-order valence-electron chi connectivity index (χ2n) is 5.91. The van der Waals surface area contributed by atoms with Crippen molar-refractivity contribution in [2.24, 2.45) is 0 Å². The maximum atomic E-state index is 13.3. The highest BCUT2D eigenvalue weighted by Gasteiger charge is 2.28. The number of benzene rings is 1. The second-order valence-corrected chi connectivity index (χ2v) is 8.99. The first-order valence-corrected chi connectivity index (χ1v) is 10.6. The molecule has 0 bridgehead atoms. The molecule has 0 aliphatic carbocycles. The third-order valence-corrected chi connectivity index (χ3v) is 7.21. The van der Waals surface area contributed by atoms with Crippen LogP contribution in [-0.2, 0) is 16.4 Å². The zero-order valence-corrected chi connectivity index (χ0v) is 16.8. The molecular weight excluding hydrogens is 370 g/mol.